The van der Waals surface area contributed by atoms with Gasteiger partial charge < -0.3 is 9.47 Å². The number of ketones is 1. The molecule has 0 atom stereocenters. The molecule has 0 heterocycles. The Morgan fingerprint density at radius 3 is 1.63 bits per heavy atom. The Labute approximate surface area is 210 Å². The number of Topliss-reactive ketones (excluding diaryl/α,β-unsaturated/α-hetero) is 1. The average molecular weight is 485 g/mol. The molecule has 0 spiro atoms. The van der Waals surface area contributed by atoms with E-state index >= 15 is 0 Å². The lowest BCUT2D eigenvalue weighted by Crippen LogP contribution is -2.30. The highest BCUT2D eigenvalue weighted by atomic mass is 16.6. The normalized spacial score (nSPS) is 11.0. The van der Waals surface area contributed by atoms with Crippen molar-refractivity contribution in [2.24, 2.45) is 0 Å². The minimum Gasteiger partial charge on any atom is -0.465 e. The summed E-state index contributed by atoms with van der Waals surface area (Å²) in [4.78, 5) is 38.4. The topological polar surface area (TPSA) is 76.2 Å². The van der Waals surface area contributed by atoms with E-state index in [1.165, 1.54) is 5.56 Å². The number of hydrogen-bond donors (Lipinski definition) is 0. The molecule has 0 amide bonds. The minimum absolute atomic E-state index is 0.127. The average Bonchev–Trinajstić information content (AvgIpc) is 2.74. The second-order valence-corrected chi connectivity index (χ2v) is 9.42. The summed E-state index contributed by atoms with van der Waals surface area (Å²) >= 11 is 0. The van der Waals surface area contributed by atoms with Gasteiger partial charge >= 0.3 is 11.9 Å². The van der Waals surface area contributed by atoms with Gasteiger partial charge in [-0.1, -0.05) is 60.7 Å². The van der Waals surface area contributed by atoms with Crippen LogP contribution in [0.2, 0.25) is 0 Å². The Hall–Kier alpha value is -3.03. The van der Waals surface area contributed by atoms with Gasteiger partial charge in [0.25, 0.3) is 0 Å². The van der Waals surface area contributed by atoms with Gasteiger partial charge in [0.05, 0.1) is 19.7 Å². The van der Waals surface area contributed by atoms with Crippen LogP contribution in [0.4, 0.5) is 0 Å². The van der Waals surface area contributed by atoms with Crippen LogP contribution in [-0.4, -0.2) is 66.9 Å². The van der Waals surface area contributed by atoms with Gasteiger partial charge in [-0.05, 0) is 52.9 Å². The Morgan fingerprint density at radius 1 is 0.743 bits per heavy atom. The lowest BCUT2D eigenvalue weighted by molar-refractivity contribution is -0.156. The SMILES string of the molecule is CCOC(=O)CN(C)Cc1ccccc1.CN(CC(=O)CC(=O)OC(C)(C)C)Cc1ccccc1. The number of carbonyl (C=O) groups excluding carboxylic acids is 3. The highest BCUT2D eigenvalue weighted by molar-refractivity contribution is 5.96. The zero-order valence-corrected chi connectivity index (χ0v) is 22.0. The molecule has 2 aromatic rings. The van der Waals surface area contributed by atoms with Crippen molar-refractivity contribution in [2.45, 2.75) is 52.8 Å². The van der Waals surface area contributed by atoms with Crippen LogP contribution in [0.3, 0.4) is 0 Å². The number of esters is 2. The predicted molar refractivity (Wildman–Crippen MR) is 138 cm³/mol. The lowest BCUT2D eigenvalue weighted by Gasteiger charge is -2.20. The first-order chi connectivity index (χ1) is 16.5. The van der Waals surface area contributed by atoms with Crippen LogP contribution in [0.25, 0.3) is 0 Å². The van der Waals surface area contributed by atoms with Crippen LogP contribution < -0.4 is 0 Å². The Balaban J connectivity index is 0.000000365. The van der Waals surface area contributed by atoms with Gasteiger partial charge in [0.1, 0.15) is 12.0 Å². The summed E-state index contributed by atoms with van der Waals surface area (Å²) in [7, 11) is 3.77. The molecule has 35 heavy (non-hydrogen) atoms. The van der Waals surface area contributed by atoms with Gasteiger partial charge in [-0.25, -0.2) is 0 Å². The summed E-state index contributed by atoms with van der Waals surface area (Å²) in [5.41, 5.74) is 1.79. The molecule has 0 saturated heterocycles. The highest BCUT2D eigenvalue weighted by Gasteiger charge is 2.19. The molecule has 0 aliphatic carbocycles. The number of likely N-dealkylation sites (N-methyl/N-ethyl adjacent to an activating group) is 2. The smallest absolute Gasteiger partial charge is 0.320 e. The molecule has 0 bridgehead atoms. The van der Waals surface area contributed by atoms with Crippen LogP contribution in [-0.2, 0) is 36.9 Å². The first-order valence-electron chi connectivity index (χ1n) is 11.8. The van der Waals surface area contributed by atoms with E-state index in [0.29, 0.717) is 19.7 Å². The van der Waals surface area contributed by atoms with E-state index in [1.54, 1.807) is 20.8 Å². The Kier molecular flexibility index (Phi) is 13.5. The molecular weight excluding hydrogens is 444 g/mol. The number of carbonyl (C=O) groups is 3. The summed E-state index contributed by atoms with van der Waals surface area (Å²) in [5, 5.41) is 0. The molecule has 0 aliphatic rings. The summed E-state index contributed by atoms with van der Waals surface area (Å²) in [6.07, 6.45) is -0.170. The fourth-order valence-corrected chi connectivity index (χ4v) is 3.22. The van der Waals surface area contributed by atoms with Crippen molar-refractivity contribution in [2.75, 3.05) is 33.8 Å². The maximum Gasteiger partial charge on any atom is 0.320 e. The summed E-state index contributed by atoms with van der Waals surface area (Å²) < 4.78 is 10.00. The molecule has 192 valence electrons. The van der Waals surface area contributed by atoms with Crippen LogP contribution in [0.1, 0.15) is 45.2 Å². The van der Waals surface area contributed by atoms with E-state index in [0.717, 1.165) is 12.1 Å². The number of benzene rings is 2. The van der Waals surface area contributed by atoms with Gasteiger partial charge in [0, 0.05) is 13.1 Å². The molecule has 7 nitrogen and oxygen atoms in total. The summed E-state index contributed by atoms with van der Waals surface area (Å²) in [6, 6.07) is 20.0. The molecule has 0 N–H and O–H groups in total. The predicted octanol–water partition coefficient (Wildman–Crippen LogP) is 4.10. The fourth-order valence-electron chi connectivity index (χ4n) is 3.22. The molecule has 2 rings (SSSR count). The van der Waals surface area contributed by atoms with E-state index in [-0.39, 0.29) is 24.7 Å². The van der Waals surface area contributed by atoms with Gasteiger partial charge in [0.15, 0.2) is 5.78 Å². The van der Waals surface area contributed by atoms with Crippen molar-refractivity contribution < 1.29 is 23.9 Å². The molecule has 0 saturated carbocycles. The standard InChI is InChI=1S/C16H23NO3.C12H17NO2/c1-16(2,3)20-15(19)10-14(18)12-17(4)11-13-8-6-5-7-9-13;1-3-15-12(14)10-13(2)9-11-7-5-4-6-8-11/h5-9H,10-12H2,1-4H3;4-8H,3,9-10H2,1-2H3. The number of rotatable bonds is 11. The third-order valence-corrected chi connectivity index (χ3v) is 4.50. The van der Waals surface area contributed by atoms with E-state index in [2.05, 4.69) is 0 Å². The third kappa shape index (κ3) is 15.5. The maximum atomic E-state index is 11.8. The first-order valence-corrected chi connectivity index (χ1v) is 11.8. The molecular formula is C28H40N2O5. The summed E-state index contributed by atoms with van der Waals surface area (Å²) in [5.74, 6) is -0.760. The Morgan fingerprint density at radius 2 is 1.20 bits per heavy atom. The van der Waals surface area contributed by atoms with Crippen molar-refractivity contribution in [3.05, 3.63) is 71.8 Å². The van der Waals surface area contributed by atoms with Crippen molar-refractivity contribution in [3.8, 4) is 0 Å². The lowest BCUT2D eigenvalue weighted by atomic mass is 10.2. The summed E-state index contributed by atoms with van der Waals surface area (Å²) in [6.45, 7) is 9.65. The van der Waals surface area contributed by atoms with E-state index < -0.39 is 11.6 Å². The molecule has 0 aliphatic heterocycles. The van der Waals surface area contributed by atoms with E-state index in [1.807, 2.05) is 91.5 Å². The van der Waals surface area contributed by atoms with Crippen molar-refractivity contribution in [1.29, 1.82) is 0 Å². The molecule has 0 radical (unpaired) electrons. The zero-order valence-electron chi connectivity index (χ0n) is 22.0. The largest absolute Gasteiger partial charge is 0.465 e. The fraction of sp³-hybridized carbons (Fsp3) is 0.464. The van der Waals surface area contributed by atoms with Gasteiger partial charge in [-0.3, -0.25) is 24.2 Å². The van der Waals surface area contributed by atoms with Crippen molar-refractivity contribution in [3.63, 3.8) is 0 Å². The quantitative estimate of drug-likeness (QED) is 0.351. The number of ether oxygens (including phenoxy) is 2. The maximum absolute atomic E-state index is 11.8. The zero-order chi connectivity index (χ0) is 26.3. The van der Waals surface area contributed by atoms with E-state index in [4.69, 9.17) is 9.47 Å². The van der Waals surface area contributed by atoms with Gasteiger partial charge in [0.2, 0.25) is 0 Å². The van der Waals surface area contributed by atoms with Gasteiger partial charge in [-0.2, -0.15) is 0 Å². The van der Waals surface area contributed by atoms with E-state index in [9.17, 15) is 14.4 Å². The number of hydrogen-bond acceptors (Lipinski definition) is 7. The van der Waals surface area contributed by atoms with Crippen LogP contribution in [0.15, 0.2) is 60.7 Å². The van der Waals surface area contributed by atoms with Crippen LogP contribution in [0.5, 0.6) is 0 Å². The second kappa shape index (κ2) is 15.8. The van der Waals surface area contributed by atoms with Crippen LogP contribution in [0, 0.1) is 0 Å². The highest BCUT2D eigenvalue weighted by Crippen LogP contribution is 2.09. The molecule has 0 aromatic heterocycles. The monoisotopic (exact) mass is 484 g/mol. The van der Waals surface area contributed by atoms with Crippen LogP contribution >= 0.6 is 0 Å². The first kappa shape index (κ1) is 30.0. The molecule has 7 heteroatoms. The third-order valence-electron chi connectivity index (χ3n) is 4.50. The Bertz CT molecular complexity index is 895. The molecule has 2 aromatic carbocycles. The molecule has 0 fully saturated rings. The van der Waals surface area contributed by atoms with Crippen molar-refractivity contribution in [1.82, 2.24) is 9.80 Å². The van der Waals surface area contributed by atoms with Gasteiger partial charge in [-0.15, -0.1) is 0 Å². The molecule has 0 unspecified atom stereocenters. The van der Waals surface area contributed by atoms with Crippen molar-refractivity contribution >= 4 is 17.7 Å². The minimum atomic E-state index is -0.548. The second-order valence-electron chi connectivity index (χ2n) is 9.42. The number of nitrogens with zero attached hydrogens (tertiary/aromatic N) is 2.